The Morgan fingerprint density at radius 1 is 1.10 bits per heavy atom. The molecule has 0 radical (unpaired) electrons. The van der Waals surface area contributed by atoms with E-state index in [4.69, 9.17) is 19.4 Å². The normalized spacial score (nSPS) is 17.9. The van der Waals surface area contributed by atoms with E-state index in [0.29, 0.717) is 32.2 Å². The van der Waals surface area contributed by atoms with Crippen LogP contribution in [0.15, 0.2) is 22.9 Å². The van der Waals surface area contributed by atoms with Crippen LogP contribution < -0.4 is 4.74 Å². The van der Waals surface area contributed by atoms with Crippen molar-refractivity contribution in [1.82, 2.24) is 19.8 Å². The second kappa shape index (κ2) is 9.60. The van der Waals surface area contributed by atoms with Crippen LogP contribution in [0.4, 0.5) is 0 Å². The van der Waals surface area contributed by atoms with Crippen LogP contribution in [0.25, 0.3) is 20.7 Å². The predicted octanol–water partition coefficient (Wildman–Crippen LogP) is 3.64. The fourth-order valence-electron chi connectivity index (χ4n) is 4.09. The van der Waals surface area contributed by atoms with Gasteiger partial charge < -0.3 is 14.4 Å². The first-order chi connectivity index (χ1) is 15.3. The molecule has 0 unspecified atom stereocenters. The van der Waals surface area contributed by atoms with Crippen molar-refractivity contribution in [2.75, 3.05) is 46.0 Å². The van der Waals surface area contributed by atoms with Gasteiger partial charge in [0.1, 0.15) is 10.7 Å². The van der Waals surface area contributed by atoms with E-state index in [1.165, 1.54) is 19.3 Å². The molecule has 7 nitrogen and oxygen atoms in total. The number of carbonyl (C=O) groups is 1. The van der Waals surface area contributed by atoms with E-state index < -0.39 is 0 Å². The topological polar surface area (TPSA) is 67.8 Å². The lowest BCUT2D eigenvalue weighted by Crippen LogP contribution is -2.43. The number of hydrogen-bond donors (Lipinski definition) is 0. The van der Waals surface area contributed by atoms with E-state index in [0.717, 1.165) is 46.1 Å². The fourth-order valence-corrected chi connectivity index (χ4v) is 5.86. The van der Waals surface area contributed by atoms with E-state index >= 15 is 0 Å². The molecule has 5 heterocycles. The molecule has 31 heavy (non-hydrogen) atoms. The van der Waals surface area contributed by atoms with Gasteiger partial charge >= 0.3 is 0 Å². The minimum atomic E-state index is -0.0273. The minimum absolute atomic E-state index is 0.0189. The highest BCUT2D eigenvalue weighted by Crippen LogP contribution is 2.40. The Kier molecular flexibility index (Phi) is 6.45. The summed E-state index contributed by atoms with van der Waals surface area (Å²) in [4.78, 5) is 28.6. The van der Waals surface area contributed by atoms with Gasteiger partial charge in [0.05, 0.1) is 25.1 Å². The molecule has 1 amide bonds. The van der Waals surface area contributed by atoms with E-state index in [1.807, 2.05) is 6.07 Å². The molecule has 0 aliphatic carbocycles. The Balaban J connectivity index is 1.43. The first-order valence-electron chi connectivity index (χ1n) is 10.8. The van der Waals surface area contributed by atoms with Crippen molar-refractivity contribution >= 4 is 38.8 Å². The number of nitrogens with zero attached hydrogens (tertiary/aromatic N) is 4. The van der Waals surface area contributed by atoms with Crippen LogP contribution in [0.5, 0.6) is 5.88 Å². The monoisotopic (exact) mass is 458 g/mol. The van der Waals surface area contributed by atoms with Gasteiger partial charge in [-0.2, -0.15) is 4.98 Å². The number of fused-ring (bicyclic) bond motifs is 1. The van der Waals surface area contributed by atoms with Crippen molar-refractivity contribution < 1.29 is 14.3 Å². The summed E-state index contributed by atoms with van der Waals surface area (Å²) in [6.07, 6.45) is 3.74. The Labute approximate surface area is 189 Å². The number of amides is 1. The van der Waals surface area contributed by atoms with Crippen LogP contribution >= 0.6 is 22.7 Å². The zero-order valence-corrected chi connectivity index (χ0v) is 19.1. The summed E-state index contributed by atoms with van der Waals surface area (Å²) in [6.45, 7) is 5.24. The van der Waals surface area contributed by atoms with Crippen LogP contribution in [0, 0.1) is 0 Å². The summed E-state index contributed by atoms with van der Waals surface area (Å²) in [5.41, 5.74) is 1.08. The molecule has 0 atom stereocenters. The maximum Gasteiger partial charge on any atom is 0.260 e. The fraction of sp³-hybridized carbons (Fsp3) is 0.500. The third-order valence-corrected chi connectivity index (χ3v) is 7.52. The number of thiophene rings is 2. The van der Waals surface area contributed by atoms with Gasteiger partial charge in [-0.3, -0.25) is 9.69 Å². The van der Waals surface area contributed by atoms with E-state index in [-0.39, 0.29) is 12.5 Å². The summed E-state index contributed by atoms with van der Waals surface area (Å²) >= 11 is 3.29. The van der Waals surface area contributed by atoms with Gasteiger partial charge in [0.2, 0.25) is 5.88 Å². The zero-order chi connectivity index (χ0) is 21.0. The molecule has 0 spiro atoms. The van der Waals surface area contributed by atoms with E-state index in [1.54, 1.807) is 27.6 Å². The lowest BCUT2D eigenvalue weighted by molar-refractivity contribution is -0.137. The average molecular weight is 459 g/mol. The van der Waals surface area contributed by atoms with Crippen molar-refractivity contribution in [2.24, 2.45) is 0 Å². The molecule has 0 N–H and O–H groups in total. The molecule has 9 heteroatoms. The SMILES string of the molecule is O=C(COc1nc(CN2CCCCC2)nc2scc(-c3cccs3)c12)N1CCOCC1. The molecule has 3 aromatic rings. The number of aromatic nitrogens is 2. The van der Waals surface area contributed by atoms with Crippen molar-refractivity contribution in [3.05, 3.63) is 28.7 Å². The molecule has 0 saturated carbocycles. The third-order valence-electron chi connectivity index (χ3n) is 5.74. The number of carbonyl (C=O) groups excluding carboxylic acids is 1. The lowest BCUT2D eigenvalue weighted by atomic mass is 10.1. The van der Waals surface area contributed by atoms with Crippen molar-refractivity contribution in [1.29, 1.82) is 0 Å². The molecule has 2 fully saturated rings. The second-order valence-corrected chi connectivity index (χ2v) is 9.68. The molecule has 0 bridgehead atoms. The number of morpholine rings is 1. The van der Waals surface area contributed by atoms with Gasteiger partial charge in [0.25, 0.3) is 5.91 Å². The van der Waals surface area contributed by atoms with Crippen LogP contribution in [0.2, 0.25) is 0 Å². The van der Waals surface area contributed by atoms with Gasteiger partial charge in [0, 0.05) is 28.9 Å². The van der Waals surface area contributed by atoms with Gasteiger partial charge in [-0.15, -0.1) is 22.7 Å². The minimum Gasteiger partial charge on any atom is -0.467 e. The maximum atomic E-state index is 12.7. The number of hydrogen-bond acceptors (Lipinski definition) is 8. The highest BCUT2D eigenvalue weighted by Gasteiger charge is 2.22. The number of ether oxygens (including phenoxy) is 2. The van der Waals surface area contributed by atoms with Crippen LogP contribution in [-0.4, -0.2) is 71.7 Å². The quantitative estimate of drug-likeness (QED) is 0.562. The highest BCUT2D eigenvalue weighted by molar-refractivity contribution is 7.18. The van der Waals surface area contributed by atoms with Crippen molar-refractivity contribution in [3.63, 3.8) is 0 Å². The van der Waals surface area contributed by atoms with Crippen molar-refractivity contribution in [2.45, 2.75) is 25.8 Å². The summed E-state index contributed by atoms with van der Waals surface area (Å²) in [6, 6.07) is 4.13. The number of piperidine rings is 1. The third kappa shape index (κ3) is 4.74. The Hall–Kier alpha value is -2.07. The maximum absolute atomic E-state index is 12.7. The molecule has 2 saturated heterocycles. The molecular weight excluding hydrogens is 432 g/mol. The zero-order valence-electron chi connectivity index (χ0n) is 17.4. The van der Waals surface area contributed by atoms with Gasteiger partial charge in [-0.25, -0.2) is 4.98 Å². The molecule has 5 rings (SSSR count). The number of rotatable bonds is 6. The Morgan fingerprint density at radius 3 is 2.71 bits per heavy atom. The smallest absolute Gasteiger partial charge is 0.260 e. The Bertz CT molecular complexity index is 1020. The van der Waals surface area contributed by atoms with Gasteiger partial charge in [-0.05, 0) is 37.4 Å². The first-order valence-corrected chi connectivity index (χ1v) is 12.6. The molecule has 3 aromatic heterocycles. The predicted molar refractivity (Wildman–Crippen MR) is 123 cm³/mol. The van der Waals surface area contributed by atoms with Crippen molar-refractivity contribution in [3.8, 4) is 16.3 Å². The standard InChI is InChI=1S/C22H26N4O3S2/c27-19(26-8-10-28-11-9-26)14-29-21-20-16(17-5-4-12-30-17)15-31-22(20)24-18(23-21)13-25-6-2-1-3-7-25/h4-5,12,15H,1-3,6-11,13-14H2. The first kappa shape index (κ1) is 20.8. The molecular formula is C22H26N4O3S2. The molecule has 164 valence electrons. The molecule has 2 aliphatic rings. The van der Waals surface area contributed by atoms with Crippen LogP contribution in [0.3, 0.4) is 0 Å². The molecule has 2 aliphatic heterocycles. The van der Waals surface area contributed by atoms with E-state index in [9.17, 15) is 4.79 Å². The van der Waals surface area contributed by atoms with Crippen LogP contribution in [-0.2, 0) is 16.1 Å². The summed E-state index contributed by atoms with van der Waals surface area (Å²) in [5, 5.41) is 5.09. The van der Waals surface area contributed by atoms with Gasteiger partial charge in [-0.1, -0.05) is 12.5 Å². The highest BCUT2D eigenvalue weighted by atomic mass is 32.1. The van der Waals surface area contributed by atoms with Gasteiger partial charge in [0.15, 0.2) is 6.61 Å². The number of likely N-dealkylation sites (tertiary alicyclic amines) is 1. The summed E-state index contributed by atoms with van der Waals surface area (Å²) in [5.74, 6) is 1.26. The summed E-state index contributed by atoms with van der Waals surface area (Å²) < 4.78 is 11.4. The van der Waals surface area contributed by atoms with E-state index in [2.05, 4.69) is 21.7 Å². The van der Waals surface area contributed by atoms with Crippen LogP contribution in [0.1, 0.15) is 25.1 Å². The largest absolute Gasteiger partial charge is 0.467 e. The lowest BCUT2D eigenvalue weighted by Gasteiger charge is -2.27. The molecule has 0 aromatic carbocycles. The average Bonchev–Trinajstić information content (AvgIpc) is 3.48. The second-order valence-electron chi connectivity index (χ2n) is 7.87. The summed E-state index contributed by atoms with van der Waals surface area (Å²) in [7, 11) is 0. The Morgan fingerprint density at radius 2 is 1.94 bits per heavy atom.